The molecule has 1 fully saturated rings. The van der Waals surface area contributed by atoms with Crippen LogP contribution in [-0.2, 0) is 9.59 Å². The number of carbonyl (C=O) groups is 2. The predicted molar refractivity (Wildman–Crippen MR) is 41.0 cm³/mol. The van der Waals surface area contributed by atoms with Gasteiger partial charge < -0.3 is 4.90 Å². The lowest BCUT2D eigenvalue weighted by Gasteiger charge is -2.13. The number of ketones is 1. The monoisotopic (exact) mass is 153 g/mol. The molecule has 0 radical (unpaired) electrons. The number of nitrogens with zero attached hydrogens (tertiary/aromatic N) is 1. The van der Waals surface area contributed by atoms with E-state index in [1.54, 1.807) is 0 Å². The SMILES string of the molecule is C=C(C)CN1CC(=O)CC1=O. The molecule has 0 unspecified atom stereocenters. The molecule has 60 valence electrons. The number of likely N-dealkylation sites (tertiary alicyclic amines) is 1. The smallest absolute Gasteiger partial charge is 0.230 e. The van der Waals surface area contributed by atoms with Crippen LogP contribution in [-0.4, -0.2) is 29.7 Å². The average molecular weight is 153 g/mol. The fourth-order valence-corrected chi connectivity index (χ4v) is 1.11. The van der Waals surface area contributed by atoms with Crippen LogP contribution >= 0.6 is 0 Å². The summed E-state index contributed by atoms with van der Waals surface area (Å²) in [4.78, 5) is 23.3. The van der Waals surface area contributed by atoms with Gasteiger partial charge in [-0.25, -0.2) is 0 Å². The molecule has 0 aromatic carbocycles. The molecule has 0 atom stereocenters. The fourth-order valence-electron chi connectivity index (χ4n) is 1.11. The molecule has 3 heteroatoms. The molecule has 0 N–H and O–H groups in total. The maximum absolute atomic E-state index is 11.0. The van der Waals surface area contributed by atoms with Crippen LogP contribution in [0.2, 0.25) is 0 Å². The van der Waals surface area contributed by atoms with Crippen LogP contribution in [0.3, 0.4) is 0 Å². The van der Waals surface area contributed by atoms with Gasteiger partial charge in [-0.2, -0.15) is 0 Å². The van der Waals surface area contributed by atoms with Gasteiger partial charge in [-0.15, -0.1) is 0 Å². The zero-order chi connectivity index (χ0) is 8.43. The van der Waals surface area contributed by atoms with E-state index in [9.17, 15) is 9.59 Å². The van der Waals surface area contributed by atoms with Crippen LogP contribution < -0.4 is 0 Å². The molecule has 1 amide bonds. The van der Waals surface area contributed by atoms with Gasteiger partial charge in [0.1, 0.15) is 0 Å². The molecule has 0 bridgehead atoms. The Balaban J connectivity index is 2.53. The molecular weight excluding hydrogens is 142 g/mol. The minimum atomic E-state index is -0.0713. The van der Waals surface area contributed by atoms with Crippen LogP contribution in [0, 0.1) is 0 Å². The minimum absolute atomic E-state index is 0.0104. The van der Waals surface area contributed by atoms with Crippen molar-refractivity contribution in [2.24, 2.45) is 0 Å². The first-order chi connectivity index (χ1) is 5.09. The van der Waals surface area contributed by atoms with Crippen LogP contribution in [0.5, 0.6) is 0 Å². The first-order valence-corrected chi connectivity index (χ1v) is 3.53. The van der Waals surface area contributed by atoms with Crippen molar-refractivity contribution in [3.05, 3.63) is 12.2 Å². The van der Waals surface area contributed by atoms with Gasteiger partial charge in [0, 0.05) is 6.54 Å². The number of amides is 1. The molecule has 1 aliphatic rings. The normalized spacial score (nSPS) is 17.7. The number of hydrogen-bond acceptors (Lipinski definition) is 2. The highest BCUT2D eigenvalue weighted by Crippen LogP contribution is 2.07. The second kappa shape index (κ2) is 2.86. The summed E-state index contributed by atoms with van der Waals surface area (Å²) in [6, 6.07) is 0. The van der Waals surface area contributed by atoms with Gasteiger partial charge in [-0.1, -0.05) is 12.2 Å². The third-order valence-electron chi connectivity index (χ3n) is 1.53. The zero-order valence-corrected chi connectivity index (χ0v) is 6.59. The summed E-state index contributed by atoms with van der Waals surface area (Å²) in [6.45, 7) is 6.30. The van der Waals surface area contributed by atoms with Crippen molar-refractivity contribution < 1.29 is 9.59 Å². The summed E-state index contributed by atoms with van der Waals surface area (Å²) in [7, 11) is 0. The van der Waals surface area contributed by atoms with Crippen molar-refractivity contribution in [1.82, 2.24) is 4.90 Å². The van der Waals surface area contributed by atoms with Crippen molar-refractivity contribution in [1.29, 1.82) is 0 Å². The van der Waals surface area contributed by atoms with E-state index in [4.69, 9.17) is 0 Å². The highest BCUT2D eigenvalue weighted by atomic mass is 16.2. The topological polar surface area (TPSA) is 37.4 Å². The van der Waals surface area contributed by atoms with Gasteiger partial charge in [0.25, 0.3) is 0 Å². The Morgan fingerprint density at radius 2 is 2.27 bits per heavy atom. The first-order valence-electron chi connectivity index (χ1n) is 3.53. The predicted octanol–water partition coefficient (Wildman–Crippen LogP) is 0.364. The summed E-state index contributed by atoms with van der Waals surface area (Å²) < 4.78 is 0. The van der Waals surface area contributed by atoms with Crippen molar-refractivity contribution in [2.75, 3.05) is 13.1 Å². The standard InChI is InChI=1S/C8H11NO2/c1-6(2)4-9-5-7(10)3-8(9)11/h1,3-5H2,2H3. The molecule has 0 aliphatic carbocycles. The molecular formula is C8H11NO2. The number of Topliss-reactive ketones (excluding diaryl/α,β-unsaturated/α-hetero) is 1. The lowest BCUT2D eigenvalue weighted by atomic mass is 10.3. The highest BCUT2D eigenvalue weighted by molar-refractivity contribution is 6.05. The van der Waals surface area contributed by atoms with Gasteiger partial charge in [0.15, 0.2) is 5.78 Å². The minimum Gasteiger partial charge on any atom is -0.331 e. The Morgan fingerprint density at radius 3 is 2.64 bits per heavy atom. The third kappa shape index (κ3) is 1.90. The molecule has 1 aliphatic heterocycles. The summed E-state index contributed by atoms with van der Waals surface area (Å²) in [5.41, 5.74) is 0.910. The van der Waals surface area contributed by atoms with E-state index in [0.717, 1.165) is 5.57 Å². The molecule has 0 saturated carbocycles. The van der Waals surface area contributed by atoms with E-state index in [1.165, 1.54) is 4.90 Å². The number of carbonyl (C=O) groups excluding carboxylic acids is 2. The lowest BCUT2D eigenvalue weighted by Crippen LogP contribution is -2.26. The van der Waals surface area contributed by atoms with Crippen molar-refractivity contribution in [2.45, 2.75) is 13.3 Å². The molecule has 11 heavy (non-hydrogen) atoms. The second-order valence-corrected chi connectivity index (χ2v) is 2.92. The van der Waals surface area contributed by atoms with E-state index >= 15 is 0 Å². The van der Waals surface area contributed by atoms with Crippen LogP contribution in [0.4, 0.5) is 0 Å². The second-order valence-electron chi connectivity index (χ2n) is 2.92. The van der Waals surface area contributed by atoms with Gasteiger partial charge in [0.2, 0.25) is 5.91 Å². The van der Waals surface area contributed by atoms with Gasteiger partial charge in [0.05, 0.1) is 13.0 Å². The average Bonchev–Trinajstić information content (AvgIpc) is 2.09. The number of rotatable bonds is 2. The summed E-state index contributed by atoms with van der Waals surface area (Å²) in [6.07, 6.45) is 0.0767. The number of hydrogen-bond donors (Lipinski definition) is 0. The molecule has 1 saturated heterocycles. The molecule has 0 aromatic heterocycles. The Labute approximate surface area is 65.7 Å². The lowest BCUT2D eigenvalue weighted by molar-refractivity contribution is -0.127. The van der Waals surface area contributed by atoms with E-state index in [1.807, 2.05) is 6.92 Å². The Kier molecular flexibility index (Phi) is 2.08. The fraction of sp³-hybridized carbons (Fsp3) is 0.500. The van der Waals surface area contributed by atoms with E-state index < -0.39 is 0 Å². The van der Waals surface area contributed by atoms with E-state index in [0.29, 0.717) is 6.54 Å². The Morgan fingerprint density at radius 1 is 1.64 bits per heavy atom. The zero-order valence-electron chi connectivity index (χ0n) is 6.59. The van der Waals surface area contributed by atoms with Crippen molar-refractivity contribution in [3.63, 3.8) is 0 Å². The van der Waals surface area contributed by atoms with Crippen molar-refractivity contribution in [3.8, 4) is 0 Å². The van der Waals surface area contributed by atoms with E-state index in [-0.39, 0.29) is 24.7 Å². The highest BCUT2D eigenvalue weighted by Gasteiger charge is 2.26. The van der Waals surface area contributed by atoms with Crippen LogP contribution in [0.15, 0.2) is 12.2 Å². The maximum Gasteiger partial charge on any atom is 0.230 e. The van der Waals surface area contributed by atoms with Gasteiger partial charge >= 0.3 is 0 Å². The van der Waals surface area contributed by atoms with Crippen LogP contribution in [0.25, 0.3) is 0 Å². The largest absolute Gasteiger partial charge is 0.331 e. The summed E-state index contributed by atoms with van der Waals surface area (Å²) >= 11 is 0. The molecule has 1 rings (SSSR count). The molecule has 3 nitrogen and oxygen atoms in total. The Hall–Kier alpha value is -1.12. The summed E-state index contributed by atoms with van der Waals surface area (Å²) in [5, 5.41) is 0. The van der Waals surface area contributed by atoms with Gasteiger partial charge in [-0.05, 0) is 6.92 Å². The molecule has 0 aromatic rings. The van der Waals surface area contributed by atoms with Crippen LogP contribution in [0.1, 0.15) is 13.3 Å². The maximum atomic E-state index is 11.0. The first kappa shape index (κ1) is 7.98. The quantitative estimate of drug-likeness (QED) is 0.424. The Bertz CT molecular complexity index is 220. The van der Waals surface area contributed by atoms with Crippen molar-refractivity contribution >= 4 is 11.7 Å². The molecule has 1 heterocycles. The van der Waals surface area contributed by atoms with Gasteiger partial charge in [-0.3, -0.25) is 9.59 Å². The third-order valence-corrected chi connectivity index (χ3v) is 1.53. The molecule has 0 spiro atoms. The van der Waals surface area contributed by atoms with E-state index in [2.05, 4.69) is 6.58 Å². The summed E-state index contributed by atoms with van der Waals surface area (Å²) in [5.74, 6) is -0.0609.